The molecule has 0 aromatic heterocycles. The van der Waals surface area contributed by atoms with E-state index < -0.39 is 0 Å². The van der Waals surface area contributed by atoms with Crippen LogP contribution in [-0.2, 0) is 4.74 Å². The summed E-state index contributed by atoms with van der Waals surface area (Å²) in [4.78, 5) is 0. The van der Waals surface area contributed by atoms with Crippen LogP contribution in [0.25, 0.3) is 0 Å². The highest BCUT2D eigenvalue weighted by Crippen LogP contribution is 2.32. The molecule has 0 amide bonds. The Kier molecular flexibility index (Phi) is 4.24. The number of ether oxygens (including phenoxy) is 1. The first-order chi connectivity index (χ1) is 6.31. The molecule has 1 saturated carbocycles. The quantitative estimate of drug-likeness (QED) is 0.670. The standard InChI is InChI=1S/C11H19NO/c1-3-4-9-5-6-10(8-12)11(7-9)13-2/h9-11H,3-7H2,1-2H3. The van der Waals surface area contributed by atoms with E-state index >= 15 is 0 Å². The molecule has 2 heteroatoms. The maximum absolute atomic E-state index is 8.88. The maximum Gasteiger partial charge on any atom is 0.0732 e. The first-order valence-corrected chi connectivity index (χ1v) is 5.24. The Morgan fingerprint density at radius 3 is 2.77 bits per heavy atom. The molecule has 3 unspecified atom stereocenters. The monoisotopic (exact) mass is 181 g/mol. The third-order valence-corrected chi connectivity index (χ3v) is 3.07. The normalized spacial score (nSPS) is 34.1. The van der Waals surface area contributed by atoms with Crippen molar-refractivity contribution in [2.45, 2.75) is 45.1 Å². The number of nitrogens with zero attached hydrogens (tertiary/aromatic N) is 1. The summed E-state index contributed by atoms with van der Waals surface area (Å²) >= 11 is 0. The van der Waals surface area contributed by atoms with Crippen LogP contribution in [0.3, 0.4) is 0 Å². The van der Waals surface area contributed by atoms with Gasteiger partial charge in [-0.3, -0.25) is 0 Å². The smallest absolute Gasteiger partial charge is 0.0732 e. The highest BCUT2D eigenvalue weighted by Gasteiger charge is 2.29. The first kappa shape index (κ1) is 10.5. The molecule has 3 atom stereocenters. The Labute approximate surface area is 80.9 Å². The lowest BCUT2D eigenvalue weighted by Crippen LogP contribution is -2.30. The van der Waals surface area contributed by atoms with Crippen LogP contribution in [0.5, 0.6) is 0 Å². The topological polar surface area (TPSA) is 33.0 Å². The summed E-state index contributed by atoms with van der Waals surface area (Å²) in [6.45, 7) is 2.22. The molecule has 0 bridgehead atoms. The lowest BCUT2D eigenvalue weighted by molar-refractivity contribution is 0.0226. The Balaban J connectivity index is 2.43. The van der Waals surface area contributed by atoms with Gasteiger partial charge in [0, 0.05) is 7.11 Å². The molecule has 0 saturated heterocycles. The number of hydrogen-bond donors (Lipinski definition) is 0. The van der Waals surface area contributed by atoms with Gasteiger partial charge in [0.05, 0.1) is 18.1 Å². The Morgan fingerprint density at radius 1 is 1.46 bits per heavy atom. The van der Waals surface area contributed by atoms with E-state index in [1.807, 2.05) is 0 Å². The van der Waals surface area contributed by atoms with Crippen LogP contribution >= 0.6 is 0 Å². The molecule has 1 fully saturated rings. The van der Waals surface area contributed by atoms with Gasteiger partial charge in [-0.05, 0) is 25.2 Å². The summed E-state index contributed by atoms with van der Waals surface area (Å²) in [5, 5.41) is 8.88. The number of hydrogen-bond acceptors (Lipinski definition) is 2. The summed E-state index contributed by atoms with van der Waals surface area (Å²) in [5.74, 6) is 0.928. The van der Waals surface area contributed by atoms with Gasteiger partial charge in [-0.1, -0.05) is 19.8 Å². The van der Waals surface area contributed by atoms with E-state index in [-0.39, 0.29) is 12.0 Å². The molecule has 1 rings (SSSR count). The molecule has 0 aromatic rings. The van der Waals surface area contributed by atoms with Crippen molar-refractivity contribution in [3.63, 3.8) is 0 Å². The van der Waals surface area contributed by atoms with Crippen LogP contribution in [-0.4, -0.2) is 13.2 Å². The summed E-state index contributed by atoms with van der Waals surface area (Å²) in [7, 11) is 1.73. The lowest BCUT2D eigenvalue weighted by Gasteiger charge is -2.31. The van der Waals surface area contributed by atoms with Crippen molar-refractivity contribution < 1.29 is 4.74 Å². The minimum atomic E-state index is 0.137. The fourth-order valence-electron chi connectivity index (χ4n) is 2.29. The average molecular weight is 181 g/mol. The summed E-state index contributed by atoms with van der Waals surface area (Å²) in [5.41, 5.74) is 0. The molecule has 0 N–H and O–H groups in total. The zero-order chi connectivity index (χ0) is 9.68. The minimum Gasteiger partial charge on any atom is -0.380 e. The van der Waals surface area contributed by atoms with Crippen molar-refractivity contribution in [3.05, 3.63) is 0 Å². The van der Waals surface area contributed by atoms with Crippen molar-refractivity contribution in [1.82, 2.24) is 0 Å². The summed E-state index contributed by atoms with van der Waals surface area (Å²) in [6, 6.07) is 2.34. The molecule has 1 aliphatic rings. The number of nitriles is 1. The van der Waals surface area contributed by atoms with Gasteiger partial charge in [0.25, 0.3) is 0 Å². The Bertz CT molecular complexity index is 185. The molecule has 74 valence electrons. The molecule has 2 nitrogen and oxygen atoms in total. The molecule has 0 heterocycles. The van der Waals surface area contributed by atoms with Gasteiger partial charge in [0.1, 0.15) is 0 Å². The third-order valence-electron chi connectivity index (χ3n) is 3.07. The van der Waals surface area contributed by atoms with Crippen molar-refractivity contribution in [2.75, 3.05) is 7.11 Å². The van der Waals surface area contributed by atoms with Crippen molar-refractivity contribution in [2.24, 2.45) is 11.8 Å². The van der Waals surface area contributed by atoms with Gasteiger partial charge in [-0.2, -0.15) is 5.26 Å². The second-order valence-electron chi connectivity index (χ2n) is 3.98. The zero-order valence-corrected chi connectivity index (χ0v) is 8.62. The van der Waals surface area contributed by atoms with Crippen molar-refractivity contribution in [3.8, 4) is 6.07 Å². The fraction of sp³-hybridized carbons (Fsp3) is 0.909. The van der Waals surface area contributed by atoms with Gasteiger partial charge >= 0.3 is 0 Å². The van der Waals surface area contributed by atoms with Crippen molar-refractivity contribution >= 4 is 0 Å². The molecular weight excluding hydrogens is 162 g/mol. The largest absolute Gasteiger partial charge is 0.380 e. The molecule has 0 aromatic carbocycles. The second kappa shape index (κ2) is 5.24. The average Bonchev–Trinajstić information content (AvgIpc) is 2.18. The van der Waals surface area contributed by atoms with E-state index in [1.54, 1.807) is 7.11 Å². The molecule has 0 spiro atoms. The van der Waals surface area contributed by atoms with E-state index in [4.69, 9.17) is 10.00 Å². The zero-order valence-electron chi connectivity index (χ0n) is 8.62. The molecule has 0 radical (unpaired) electrons. The lowest BCUT2D eigenvalue weighted by atomic mass is 9.78. The Hall–Kier alpha value is -0.550. The predicted molar refractivity (Wildman–Crippen MR) is 52.1 cm³/mol. The summed E-state index contributed by atoms with van der Waals surface area (Å²) < 4.78 is 5.35. The van der Waals surface area contributed by atoms with Gasteiger partial charge in [-0.15, -0.1) is 0 Å². The third kappa shape index (κ3) is 2.70. The van der Waals surface area contributed by atoms with E-state index in [9.17, 15) is 0 Å². The van der Waals surface area contributed by atoms with E-state index in [2.05, 4.69) is 13.0 Å². The predicted octanol–water partition coefficient (Wildman–Crippen LogP) is 2.74. The van der Waals surface area contributed by atoms with Crippen LogP contribution in [0.1, 0.15) is 39.0 Å². The fourth-order valence-corrected chi connectivity index (χ4v) is 2.29. The van der Waals surface area contributed by atoms with E-state index in [0.717, 1.165) is 18.8 Å². The molecule has 1 aliphatic carbocycles. The molecule has 0 aliphatic heterocycles. The van der Waals surface area contributed by atoms with Crippen LogP contribution in [0.2, 0.25) is 0 Å². The molecular formula is C11H19NO. The number of methoxy groups -OCH3 is 1. The van der Waals surface area contributed by atoms with Gasteiger partial charge in [0.15, 0.2) is 0 Å². The minimum absolute atomic E-state index is 0.137. The van der Waals surface area contributed by atoms with Crippen molar-refractivity contribution in [1.29, 1.82) is 5.26 Å². The van der Waals surface area contributed by atoms with E-state index in [1.165, 1.54) is 19.3 Å². The van der Waals surface area contributed by atoms with Gasteiger partial charge < -0.3 is 4.74 Å². The van der Waals surface area contributed by atoms with Crippen LogP contribution in [0.15, 0.2) is 0 Å². The van der Waals surface area contributed by atoms with Crippen LogP contribution in [0.4, 0.5) is 0 Å². The van der Waals surface area contributed by atoms with Gasteiger partial charge in [-0.25, -0.2) is 0 Å². The highest BCUT2D eigenvalue weighted by atomic mass is 16.5. The highest BCUT2D eigenvalue weighted by molar-refractivity contribution is 4.93. The second-order valence-corrected chi connectivity index (χ2v) is 3.98. The number of rotatable bonds is 3. The van der Waals surface area contributed by atoms with Crippen LogP contribution in [0, 0.1) is 23.2 Å². The SMILES string of the molecule is CCCC1CCC(C#N)C(OC)C1. The van der Waals surface area contributed by atoms with Crippen LogP contribution < -0.4 is 0 Å². The first-order valence-electron chi connectivity index (χ1n) is 5.24. The Morgan fingerprint density at radius 2 is 2.23 bits per heavy atom. The molecule has 13 heavy (non-hydrogen) atoms. The van der Waals surface area contributed by atoms with E-state index in [0.29, 0.717) is 0 Å². The maximum atomic E-state index is 8.88. The summed E-state index contributed by atoms with van der Waals surface area (Å²) in [6.07, 6.45) is 6.06. The van der Waals surface area contributed by atoms with Gasteiger partial charge in [0.2, 0.25) is 0 Å².